The number of aryl methyl sites for hydroxylation is 3. The van der Waals surface area contributed by atoms with Gasteiger partial charge in [0.05, 0.1) is 5.56 Å². The van der Waals surface area contributed by atoms with Crippen LogP contribution < -0.4 is 0 Å². The first-order valence-electron chi connectivity index (χ1n) is 10.7. The molecule has 0 spiro atoms. The summed E-state index contributed by atoms with van der Waals surface area (Å²) in [6, 6.07) is 21.2. The lowest BCUT2D eigenvalue weighted by Gasteiger charge is -2.13. The highest BCUT2D eigenvalue weighted by Crippen LogP contribution is 2.43. The zero-order valence-corrected chi connectivity index (χ0v) is 18.5. The summed E-state index contributed by atoms with van der Waals surface area (Å²) in [5.74, 6) is -0.0133. The average Bonchev–Trinajstić information content (AvgIpc) is 3.03. The van der Waals surface area contributed by atoms with E-state index < -0.39 is 11.7 Å². The number of halogens is 3. The number of carbonyl (C=O) groups excluding carboxylic acids is 1. The van der Waals surface area contributed by atoms with E-state index in [-0.39, 0.29) is 5.78 Å². The molecule has 164 valence electrons. The Kier molecular flexibility index (Phi) is 4.78. The number of hydrogen-bond acceptors (Lipinski definition) is 1. The molecule has 1 aliphatic carbocycles. The molecule has 4 heteroatoms. The Labute approximate surface area is 190 Å². The van der Waals surface area contributed by atoms with Crippen LogP contribution in [0.4, 0.5) is 13.2 Å². The standard InChI is InChI=1S/C29H21F3O/c1-16-4-6-19(7-5-16)22-14-24-25-15-23(20-8-10-21(11-9-20)29(30,31)32)18(3)13-27(25)28(33)26(24)12-17(22)2/h4-15H,1-3H3. The zero-order chi connectivity index (χ0) is 23.5. The molecule has 0 radical (unpaired) electrons. The first kappa shape index (κ1) is 21.2. The summed E-state index contributed by atoms with van der Waals surface area (Å²) >= 11 is 0. The molecule has 0 atom stereocenters. The van der Waals surface area contributed by atoms with Crippen molar-refractivity contribution >= 4 is 5.78 Å². The lowest BCUT2D eigenvalue weighted by atomic mass is 9.92. The number of hydrogen-bond donors (Lipinski definition) is 0. The van der Waals surface area contributed by atoms with Gasteiger partial charge in [-0.3, -0.25) is 4.79 Å². The van der Waals surface area contributed by atoms with Crippen LogP contribution in [0.2, 0.25) is 0 Å². The van der Waals surface area contributed by atoms with Gasteiger partial charge in [0.2, 0.25) is 0 Å². The fraction of sp³-hybridized carbons (Fsp3) is 0.138. The van der Waals surface area contributed by atoms with Gasteiger partial charge >= 0.3 is 6.18 Å². The Morgan fingerprint density at radius 3 is 1.39 bits per heavy atom. The summed E-state index contributed by atoms with van der Waals surface area (Å²) in [6.07, 6.45) is -4.37. The Bertz CT molecular complexity index is 1410. The van der Waals surface area contributed by atoms with Crippen LogP contribution in [0.3, 0.4) is 0 Å². The van der Waals surface area contributed by atoms with Crippen LogP contribution in [0.25, 0.3) is 33.4 Å². The lowest BCUT2D eigenvalue weighted by Crippen LogP contribution is -2.04. The van der Waals surface area contributed by atoms with E-state index in [1.54, 1.807) is 0 Å². The van der Waals surface area contributed by atoms with E-state index in [4.69, 9.17) is 0 Å². The SMILES string of the molecule is Cc1ccc(-c2cc3c(cc2C)C(=O)c2cc(C)c(-c4ccc(C(F)(F)F)cc4)cc2-3)cc1. The summed E-state index contributed by atoms with van der Waals surface area (Å²) in [6.45, 7) is 5.93. The molecule has 0 aromatic heterocycles. The van der Waals surface area contributed by atoms with Gasteiger partial charge in [-0.1, -0.05) is 42.0 Å². The van der Waals surface area contributed by atoms with Gasteiger partial charge in [0.1, 0.15) is 0 Å². The Morgan fingerprint density at radius 1 is 0.545 bits per heavy atom. The third-order valence-corrected chi connectivity index (χ3v) is 6.39. The van der Waals surface area contributed by atoms with Crippen molar-refractivity contribution in [2.75, 3.05) is 0 Å². The maximum atomic E-state index is 13.2. The molecule has 33 heavy (non-hydrogen) atoms. The molecule has 0 aliphatic heterocycles. The predicted octanol–water partition coefficient (Wildman–Crippen LogP) is 8.18. The Morgan fingerprint density at radius 2 is 0.970 bits per heavy atom. The minimum absolute atomic E-state index is 0.0133. The summed E-state index contributed by atoms with van der Waals surface area (Å²) in [5.41, 5.74) is 9.02. The van der Waals surface area contributed by atoms with Gasteiger partial charge in [-0.2, -0.15) is 13.2 Å². The molecule has 4 aromatic carbocycles. The zero-order valence-electron chi connectivity index (χ0n) is 18.5. The molecular formula is C29H21F3O. The third kappa shape index (κ3) is 3.56. The van der Waals surface area contributed by atoms with Crippen LogP contribution in [0.5, 0.6) is 0 Å². The van der Waals surface area contributed by atoms with Crippen molar-refractivity contribution in [3.05, 3.63) is 106 Å². The molecule has 0 unspecified atom stereocenters. The van der Waals surface area contributed by atoms with Crippen LogP contribution in [0.1, 0.15) is 38.2 Å². The molecular weight excluding hydrogens is 421 g/mol. The highest BCUT2D eigenvalue weighted by Gasteiger charge is 2.31. The molecule has 0 fully saturated rings. The number of ketones is 1. The first-order chi connectivity index (χ1) is 15.6. The quantitative estimate of drug-likeness (QED) is 0.269. The van der Waals surface area contributed by atoms with Crippen LogP contribution >= 0.6 is 0 Å². The molecule has 0 heterocycles. The maximum Gasteiger partial charge on any atom is 0.416 e. The number of alkyl halides is 3. The van der Waals surface area contributed by atoms with E-state index in [1.807, 2.05) is 39.0 Å². The average molecular weight is 442 g/mol. The number of rotatable bonds is 2. The van der Waals surface area contributed by atoms with Gasteiger partial charge < -0.3 is 0 Å². The molecule has 1 aliphatic rings. The van der Waals surface area contributed by atoms with Crippen molar-refractivity contribution in [1.29, 1.82) is 0 Å². The highest BCUT2D eigenvalue weighted by atomic mass is 19.4. The van der Waals surface area contributed by atoms with Crippen molar-refractivity contribution in [2.24, 2.45) is 0 Å². The van der Waals surface area contributed by atoms with Gasteiger partial charge in [0.25, 0.3) is 0 Å². The summed E-state index contributed by atoms with van der Waals surface area (Å²) in [4.78, 5) is 13.2. The summed E-state index contributed by atoms with van der Waals surface area (Å²) in [7, 11) is 0. The van der Waals surface area contributed by atoms with Crippen molar-refractivity contribution in [1.82, 2.24) is 0 Å². The van der Waals surface area contributed by atoms with E-state index in [9.17, 15) is 18.0 Å². The molecule has 0 saturated heterocycles. The number of fused-ring (bicyclic) bond motifs is 3. The van der Waals surface area contributed by atoms with Crippen LogP contribution in [-0.2, 0) is 6.18 Å². The third-order valence-electron chi connectivity index (χ3n) is 6.39. The van der Waals surface area contributed by atoms with Gasteiger partial charge in [-0.05, 0) is 102 Å². The monoisotopic (exact) mass is 442 g/mol. The summed E-state index contributed by atoms with van der Waals surface area (Å²) in [5, 5.41) is 0. The Balaban J connectivity index is 1.65. The summed E-state index contributed by atoms with van der Waals surface area (Å²) < 4.78 is 39.0. The van der Waals surface area contributed by atoms with E-state index in [0.29, 0.717) is 16.7 Å². The van der Waals surface area contributed by atoms with Crippen LogP contribution in [-0.4, -0.2) is 5.78 Å². The van der Waals surface area contributed by atoms with Gasteiger partial charge in [-0.15, -0.1) is 0 Å². The van der Waals surface area contributed by atoms with Gasteiger partial charge in [0.15, 0.2) is 5.78 Å². The van der Waals surface area contributed by atoms with Crippen molar-refractivity contribution in [3.8, 4) is 33.4 Å². The fourth-order valence-electron chi connectivity index (χ4n) is 4.58. The van der Waals surface area contributed by atoms with Crippen molar-refractivity contribution in [2.45, 2.75) is 26.9 Å². The lowest BCUT2D eigenvalue weighted by molar-refractivity contribution is -0.137. The first-order valence-corrected chi connectivity index (χ1v) is 10.7. The maximum absolute atomic E-state index is 13.2. The van der Waals surface area contributed by atoms with E-state index >= 15 is 0 Å². The second kappa shape index (κ2) is 7.45. The largest absolute Gasteiger partial charge is 0.416 e. The smallest absolute Gasteiger partial charge is 0.289 e. The topological polar surface area (TPSA) is 17.1 Å². The number of carbonyl (C=O) groups is 1. The predicted molar refractivity (Wildman–Crippen MR) is 125 cm³/mol. The van der Waals surface area contributed by atoms with Gasteiger partial charge in [0, 0.05) is 11.1 Å². The van der Waals surface area contributed by atoms with Crippen LogP contribution in [0, 0.1) is 20.8 Å². The molecule has 0 saturated carbocycles. The molecule has 4 aromatic rings. The normalized spacial score (nSPS) is 12.6. The van der Waals surface area contributed by atoms with Crippen molar-refractivity contribution < 1.29 is 18.0 Å². The van der Waals surface area contributed by atoms with E-state index in [1.165, 1.54) is 17.7 Å². The second-order valence-corrected chi connectivity index (χ2v) is 8.70. The Hall–Kier alpha value is -3.66. The molecule has 0 amide bonds. The van der Waals surface area contributed by atoms with Crippen LogP contribution in [0.15, 0.2) is 72.8 Å². The number of benzene rings is 4. The van der Waals surface area contributed by atoms with Crippen molar-refractivity contribution in [3.63, 3.8) is 0 Å². The molecule has 0 bridgehead atoms. The van der Waals surface area contributed by atoms with Gasteiger partial charge in [-0.25, -0.2) is 0 Å². The van der Waals surface area contributed by atoms with E-state index in [0.717, 1.165) is 51.1 Å². The molecule has 0 N–H and O–H groups in total. The molecule has 1 nitrogen and oxygen atoms in total. The second-order valence-electron chi connectivity index (χ2n) is 8.70. The minimum atomic E-state index is -4.37. The fourth-order valence-corrected chi connectivity index (χ4v) is 4.58. The highest BCUT2D eigenvalue weighted by molar-refractivity contribution is 6.22. The molecule has 5 rings (SSSR count). The van der Waals surface area contributed by atoms with E-state index in [2.05, 4.69) is 30.3 Å². The minimum Gasteiger partial charge on any atom is -0.289 e.